The van der Waals surface area contributed by atoms with E-state index < -0.39 is 5.82 Å². The van der Waals surface area contributed by atoms with E-state index >= 15 is 0 Å². The number of hydrogen-bond donors (Lipinski definition) is 0. The van der Waals surface area contributed by atoms with Gasteiger partial charge in [-0.15, -0.1) is 0 Å². The van der Waals surface area contributed by atoms with Crippen LogP contribution in [0.1, 0.15) is 40.8 Å². The summed E-state index contributed by atoms with van der Waals surface area (Å²) in [6.45, 7) is 1.16. The molecule has 1 saturated heterocycles. The van der Waals surface area contributed by atoms with Gasteiger partial charge < -0.3 is 18.9 Å². The Morgan fingerprint density at radius 1 is 1.27 bits per heavy atom. The van der Waals surface area contributed by atoms with Crippen molar-refractivity contribution in [2.75, 3.05) is 20.2 Å². The first kappa shape index (κ1) is 19.9. The van der Waals surface area contributed by atoms with Gasteiger partial charge in [0, 0.05) is 24.6 Å². The number of nitrogens with zero attached hydrogens (tertiary/aromatic N) is 3. The zero-order chi connectivity index (χ0) is 20.9. The molecule has 0 N–H and O–H groups in total. The zero-order valence-electron chi connectivity index (χ0n) is 16.6. The smallest absolute Gasteiger partial charge is 0.264 e. The number of methoxy groups -OCH3 is 1. The molecule has 0 bridgehead atoms. The molecule has 4 rings (SSSR count). The molecule has 0 saturated carbocycles. The average molecular weight is 411 g/mol. The van der Waals surface area contributed by atoms with E-state index in [9.17, 15) is 9.18 Å². The van der Waals surface area contributed by atoms with Gasteiger partial charge in [0.1, 0.15) is 5.75 Å². The maximum absolute atomic E-state index is 13.7. The fraction of sp³-hybridized carbons (Fsp3) is 0.318. The molecule has 30 heavy (non-hydrogen) atoms. The Hall–Kier alpha value is -3.42. The van der Waals surface area contributed by atoms with E-state index in [1.54, 1.807) is 48.4 Å². The lowest BCUT2D eigenvalue weighted by atomic mass is 9.96. The summed E-state index contributed by atoms with van der Waals surface area (Å²) in [6, 6.07) is 13.3. The summed E-state index contributed by atoms with van der Waals surface area (Å²) in [5.74, 6) is 1.05. The molecular formula is C22H22FN3O4. The fourth-order valence-electron chi connectivity index (χ4n) is 3.50. The first-order chi connectivity index (χ1) is 14.6. The van der Waals surface area contributed by atoms with Crippen LogP contribution in [-0.4, -0.2) is 41.1 Å². The molecule has 0 radical (unpaired) electrons. The number of carbonyl (C=O) groups is 1. The minimum Gasteiger partial charge on any atom is -0.497 e. The van der Waals surface area contributed by atoms with Crippen molar-refractivity contribution >= 4 is 5.91 Å². The molecule has 7 nitrogen and oxygen atoms in total. The molecule has 8 heteroatoms. The molecular weight excluding hydrogens is 389 g/mol. The Bertz CT molecular complexity index is 1020. The molecule has 156 valence electrons. The topological polar surface area (TPSA) is 77.7 Å². The van der Waals surface area contributed by atoms with Gasteiger partial charge in [-0.05, 0) is 43.2 Å². The van der Waals surface area contributed by atoms with E-state index in [4.69, 9.17) is 14.0 Å². The summed E-state index contributed by atoms with van der Waals surface area (Å²) < 4.78 is 29.5. The van der Waals surface area contributed by atoms with Gasteiger partial charge in [-0.3, -0.25) is 4.79 Å². The molecule has 2 aromatic carbocycles. The predicted octanol–water partition coefficient (Wildman–Crippen LogP) is 3.82. The largest absolute Gasteiger partial charge is 0.497 e. The molecule has 1 atom stereocenters. The number of para-hydroxylation sites is 1. The second-order valence-corrected chi connectivity index (χ2v) is 7.09. The van der Waals surface area contributed by atoms with E-state index in [0.717, 1.165) is 12.8 Å². The van der Waals surface area contributed by atoms with E-state index in [0.29, 0.717) is 30.2 Å². The monoisotopic (exact) mass is 411 g/mol. The molecule has 1 fully saturated rings. The van der Waals surface area contributed by atoms with Crippen molar-refractivity contribution in [1.82, 2.24) is 15.0 Å². The summed E-state index contributed by atoms with van der Waals surface area (Å²) in [5, 5.41) is 4.05. The molecule has 0 spiro atoms. The third-order valence-corrected chi connectivity index (χ3v) is 5.06. The van der Waals surface area contributed by atoms with Crippen molar-refractivity contribution in [2.45, 2.75) is 25.4 Å². The quantitative estimate of drug-likeness (QED) is 0.614. The lowest BCUT2D eigenvalue weighted by Crippen LogP contribution is -2.39. The van der Waals surface area contributed by atoms with Crippen molar-refractivity contribution in [3.05, 3.63) is 71.6 Å². The lowest BCUT2D eigenvalue weighted by Gasteiger charge is -2.31. The number of aromatic nitrogens is 2. The maximum atomic E-state index is 13.7. The van der Waals surface area contributed by atoms with E-state index in [1.807, 2.05) is 0 Å². The normalized spacial score (nSPS) is 16.3. The van der Waals surface area contributed by atoms with Gasteiger partial charge in [0.05, 0.1) is 7.11 Å². The molecule has 1 unspecified atom stereocenters. The van der Waals surface area contributed by atoms with Crippen LogP contribution in [0.4, 0.5) is 4.39 Å². The minimum atomic E-state index is -0.448. The Balaban J connectivity index is 1.40. The van der Waals surface area contributed by atoms with Gasteiger partial charge in [0.15, 0.2) is 24.0 Å². The van der Waals surface area contributed by atoms with Gasteiger partial charge in [0.25, 0.3) is 11.8 Å². The van der Waals surface area contributed by atoms with Gasteiger partial charge >= 0.3 is 0 Å². The van der Waals surface area contributed by atoms with Crippen molar-refractivity contribution in [3.63, 3.8) is 0 Å². The van der Waals surface area contributed by atoms with Crippen molar-refractivity contribution in [3.8, 4) is 11.5 Å². The highest BCUT2D eigenvalue weighted by Gasteiger charge is 2.28. The third-order valence-electron chi connectivity index (χ3n) is 5.06. The van der Waals surface area contributed by atoms with Crippen molar-refractivity contribution in [2.24, 2.45) is 0 Å². The Labute approximate surface area is 173 Å². The number of halogens is 1. The number of benzene rings is 2. The number of ether oxygens (including phenoxy) is 2. The number of amides is 1. The molecule has 1 aliphatic rings. The number of carbonyl (C=O) groups excluding carboxylic acids is 1. The fourth-order valence-corrected chi connectivity index (χ4v) is 3.50. The van der Waals surface area contributed by atoms with Crippen LogP contribution in [0.15, 0.2) is 53.1 Å². The SMILES string of the molecule is COc1cccc(C(=O)N2CCCC(c3noc(COc4ccccc4F)n3)C2)c1. The van der Waals surface area contributed by atoms with Crippen LogP contribution in [0.3, 0.4) is 0 Å². The van der Waals surface area contributed by atoms with Crippen LogP contribution >= 0.6 is 0 Å². The standard InChI is InChI=1S/C22H22FN3O4/c1-28-17-8-4-6-15(12-17)22(27)26-11-5-7-16(13-26)21-24-20(30-25-21)14-29-19-10-3-2-9-18(19)23/h2-4,6,8-10,12,16H,5,7,11,13-14H2,1H3. The van der Waals surface area contributed by atoms with E-state index in [-0.39, 0.29) is 30.1 Å². The molecule has 1 aliphatic heterocycles. The van der Waals surface area contributed by atoms with Crippen LogP contribution in [0.2, 0.25) is 0 Å². The van der Waals surface area contributed by atoms with Gasteiger partial charge in [0.2, 0.25) is 0 Å². The van der Waals surface area contributed by atoms with Crippen molar-refractivity contribution in [1.29, 1.82) is 0 Å². The average Bonchev–Trinajstić information content (AvgIpc) is 3.27. The van der Waals surface area contributed by atoms with Crippen LogP contribution in [0.25, 0.3) is 0 Å². The molecule has 1 aromatic heterocycles. The summed E-state index contributed by atoms with van der Waals surface area (Å²) >= 11 is 0. The Morgan fingerprint density at radius 3 is 2.97 bits per heavy atom. The summed E-state index contributed by atoms with van der Waals surface area (Å²) in [7, 11) is 1.57. The van der Waals surface area contributed by atoms with Gasteiger partial charge in [-0.25, -0.2) is 4.39 Å². The van der Waals surface area contributed by atoms with Crippen LogP contribution in [-0.2, 0) is 6.61 Å². The summed E-state index contributed by atoms with van der Waals surface area (Å²) in [4.78, 5) is 19.1. The molecule has 3 aromatic rings. The first-order valence-corrected chi connectivity index (χ1v) is 9.77. The van der Waals surface area contributed by atoms with Gasteiger partial charge in [-0.1, -0.05) is 23.4 Å². The third kappa shape index (κ3) is 4.42. The second kappa shape index (κ2) is 8.94. The molecule has 1 amide bonds. The lowest BCUT2D eigenvalue weighted by molar-refractivity contribution is 0.0703. The highest BCUT2D eigenvalue weighted by Crippen LogP contribution is 2.27. The number of rotatable bonds is 6. The first-order valence-electron chi connectivity index (χ1n) is 9.77. The second-order valence-electron chi connectivity index (χ2n) is 7.09. The molecule has 0 aliphatic carbocycles. The Kier molecular flexibility index (Phi) is 5.92. The van der Waals surface area contributed by atoms with E-state index in [1.165, 1.54) is 12.1 Å². The summed E-state index contributed by atoms with van der Waals surface area (Å²) in [5.41, 5.74) is 0.585. The van der Waals surface area contributed by atoms with Crippen LogP contribution in [0.5, 0.6) is 11.5 Å². The predicted molar refractivity (Wildman–Crippen MR) is 106 cm³/mol. The highest BCUT2D eigenvalue weighted by molar-refractivity contribution is 5.94. The summed E-state index contributed by atoms with van der Waals surface area (Å²) in [6.07, 6.45) is 1.70. The maximum Gasteiger partial charge on any atom is 0.264 e. The Morgan fingerprint density at radius 2 is 2.13 bits per heavy atom. The number of piperidine rings is 1. The van der Waals surface area contributed by atoms with Crippen LogP contribution < -0.4 is 9.47 Å². The number of hydrogen-bond acceptors (Lipinski definition) is 6. The number of likely N-dealkylation sites (tertiary alicyclic amines) is 1. The van der Waals surface area contributed by atoms with Crippen LogP contribution in [0, 0.1) is 5.82 Å². The minimum absolute atomic E-state index is 0.0207. The van der Waals surface area contributed by atoms with Gasteiger partial charge in [-0.2, -0.15) is 4.98 Å². The van der Waals surface area contributed by atoms with Crippen molar-refractivity contribution < 1.29 is 23.2 Å². The molecule has 2 heterocycles. The zero-order valence-corrected chi connectivity index (χ0v) is 16.6. The van der Waals surface area contributed by atoms with E-state index in [2.05, 4.69) is 10.1 Å². The highest BCUT2D eigenvalue weighted by atomic mass is 19.1.